The Balaban J connectivity index is 1.74. The highest BCUT2D eigenvalue weighted by molar-refractivity contribution is 7.99. The fraction of sp³-hybridized carbons (Fsp3) is 0.400. The van der Waals surface area contributed by atoms with Gasteiger partial charge in [0.15, 0.2) is 5.78 Å². The molecule has 2 aromatic rings. The van der Waals surface area contributed by atoms with Gasteiger partial charge >= 0.3 is 0 Å². The summed E-state index contributed by atoms with van der Waals surface area (Å²) in [5.41, 5.74) is -0.145. The Morgan fingerprint density at radius 2 is 2.15 bits per heavy atom. The van der Waals surface area contributed by atoms with Gasteiger partial charge in [0.1, 0.15) is 18.7 Å². The fourth-order valence-corrected chi connectivity index (χ4v) is 3.18. The van der Waals surface area contributed by atoms with Gasteiger partial charge in [0, 0.05) is 16.1 Å². The molecule has 1 aromatic carbocycles. The van der Waals surface area contributed by atoms with Gasteiger partial charge in [0.05, 0.1) is 0 Å². The number of aromatic nitrogens is 3. The Labute approximate surface area is 122 Å². The normalized spacial score (nSPS) is 17.6. The van der Waals surface area contributed by atoms with E-state index in [-0.39, 0.29) is 17.2 Å². The fourth-order valence-electron chi connectivity index (χ4n) is 2.18. The van der Waals surface area contributed by atoms with Crippen molar-refractivity contribution >= 4 is 17.5 Å². The molecule has 0 spiro atoms. The molecule has 20 heavy (non-hydrogen) atoms. The van der Waals surface area contributed by atoms with E-state index in [2.05, 4.69) is 22.2 Å². The molecule has 1 unspecified atom stereocenters. The van der Waals surface area contributed by atoms with Crippen LogP contribution in [0.5, 0.6) is 0 Å². The summed E-state index contributed by atoms with van der Waals surface area (Å²) in [5.74, 6) is 0.980. The summed E-state index contributed by atoms with van der Waals surface area (Å²) in [6.07, 6.45) is 5.11. The Kier molecular flexibility index (Phi) is 3.61. The molecule has 0 aliphatic heterocycles. The molecule has 0 N–H and O–H groups in total. The Morgan fingerprint density at radius 1 is 1.40 bits per heavy atom. The van der Waals surface area contributed by atoms with Gasteiger partial charge in [-0.05, 0) is 25.0 Å². The molecule has 1 atom stereocenters. The smallest absolute Gasteiger partial charge is 0.164 e. The first-order chi connectivity index (χ1) is 9.69. The van der Waals surface area contributed by atoms with Crippen LogP contribution < -0.4 is 0 Å². The van der Waals surface area contributed by atoms with Gasteiger partial charge in [-0.25, -0.2) is 9.67 Å². The molecule has 1 saturated carbocycles. The average Bonchev–Trinajstić information content (AvgIpc) is 3.01. The standard InChI is InChI=1S/C15H17N3OS/c1-15(7-8-15)14(19)13(18-11-16-10-17-18)9-20-12-5-3-2-4-6-12/h2-6,10-11,13H,7-9H2,1H3. The van der Waals surface area contributed by atoms with E-state index in [0.29, 0.717) is 5.75 Å². The van der Waals surface area contributed by atoms with E-state index in [9.17, 15) is 4.79 Å². The van der Waals surface area contributed by atoms with Gasteiger partial charge in [-0.3, -0.25) is 4.79 Å². The molecule has 1 aliphatic rings. The molecule has 1 aliphatic carbocycles. The summed E-state index contributed by atoms with van der Waals surface area (Å²) in [6.45, 7) is 2.05. The molecule has 1 aromatic heterocycles. The monoisotopic (exact) mass is 287 g/mol. The van der Waals surface area contributed by atoms with Crippen LogP contribution in [0.4, 0.5) is 0 Å². The number of hydrogen-bond donors (Lipinski definition) is 0. The van der Waals surface area contributed by atoms with Crippen molar-refractivity contribution in [3.63, 3.8) is 0 Å². The maximum Gasteiger partial charge on any atom is 0.164 e. The van der Waals surface area contributed by atoms with Crippen LogP contribution in [0.3, 0.4) is 0 Å². The minimum atomic E-state index is -0.227. The second-order valence-corrected chi connectivity index (χ2v) is 6.53. The van der Waals surface area contributed by atoms with Crippen molar-refractivity contribution in [2.45, 2.75) is 30.7 Å². The predicted molar refractivity (Wildman–Crippen MR) is 78.6 cm³/mol. The second-order valence-electron chi connectivity index (χ2n) is 5.44. The molecule has 0 bridgehead atoms. The van der Waals surface area contributed by atoms with Crippen molar-refractivity contribution < 1.29 is 4.79 Å². The summed E-state index contributed by atoms with van der Waals surface area (Å²) in [7, 11) is 0. The summed E-state index contributed by atoms with van der Waals surface area (Å²) >= 11 is 1.69. The molecule has 0 saturated heterocycles. The summed E-state index contributed by atoms with van der Waals surface area (Å²) in [6, 6.07) is 9.91. The lowest BCUT2D eigenvalue weighted by Gasteiger charge is -2.19. The van der Waals surface area contributed by atoms with Gasteiger partial charge < -0.3 is 0 Å². The Morgan fingerprint density at radius 3 is 2.75 bits per heavy atom. The number of ketones is 1. The molecule has 5 heteroatoms. The zero-order valence-corrected chi connectivity index (χ0v) is 12.2. The van der Waals surface area contributed by atoms with Crippen LogP contribution in [0.1, 0.15) is 25.8 Å². The lowest BCUT2D eigenvalue weighted by molar-refractivity contribution is -0.126. The predicted octanol–water partition coefficient (Wildman–Crippen LogP) is 2.98. The molecule has 0 radical (unpaired) electrons. The minimum absolute atomic E-state index is 0.145. The first-order valence-electron chi connectivity index (χ1n) is 6.75. The molecule has 0 amide bonds. The summed E-state index contributed by atoms with van der Waals surface area (Å²) in [4.78, 5) is 17.8. The van der Waals surface area contributed by atoms with Crippen LogP contribution in [0.2, 0.25) is 0 Å². The van der Waals surface area contributed by atoms with E-state index in [1.165, 1.54) is 11.2 Å². The van der Waals surface area contributed by atoms with E-state index in [1.807, 2.05) is 25.1 Å². The Hall–Kier alpha value is -1.62. The average molecular weight is 287 g/mol. The number of nitrogens with zero attached hydrogens (tertiary/aromatic N) is 3. The molecular formula is C15H17N3OS. The highest BCUT2D eigenvalue weighted by atomic mass is 32.2. The van der Waals surface area contributed by atoms with Crippen LogP contribution in [0.15, 0.2) is 47.9 Å². The molecule has 4 nitrogen and oxygen atoms in total. The van der Waals surface area contributed by atoms with Gasteiger partial charge in [0.25, 0.3) is 0 Å². The first kappa shape index (κ1) is 13.4. The third-order valence-electron chi connectivity index (χ3n) is 3.80. The summed E-state index contributed by atoms with van der Waals surface area (Å²) in [5, 5.41) is 4.16. The quantitative estimate of drug-likeness (QED) is 0.766. The van der Waals surface area contributed by atoms with Crippen LogP contribution in [-0.2, 0) is 4.79 Å². The zero-order chi connectivity index (χ0) is 14.0. The lowest BCUT2D eigenvalue weighted by atomic mass is 9.98. The van der Waals surface area contributed by atoms with Crippen molar-refractivity contribution in [1.29, 1.82) is 0 Å². The number of carbonyl (C=O) groups excluding carboxylic acids is 1. The van der Waals surface area contributed by atoms with Crippen LogP contribution in [0, 0.1) is 5.41 Å². The first-order valence-corrected chi connectivity index (χ1v) is 7.74. The third kappa shape index (κ3) is 2.77. The third-order valence-corrected chi connectivity index (χ3v) is 4.89. The van der Waals surface area contributed by atoms with Crippen molar-refractivity contribution in [2.24, 2.45) is 5.41 Å². The number of thioether (sulfide) groups is 1. The molecule has 1 fully saturated rings. The lowest BCUT2D eigenvalue weighted by Crippen LogP contribution is -2.28. The summed E-state index contributed by atoms with van der Waals surface area (Å²) < 4.78 is 1.70. The molecular weight excluding hydrogens is 270 g/mol. The molecule has 1 heterocycles. The van der Waals surface area contributed by atoms with E-state index in [0.717, 1.165) is 12.8 Å². The number of rotatable bonds is 6. The number of hydrogen-bond acceptors (Lipinski definition) is 4. The van der Waals surface area contributed by atoms with Crippen LogP contribution >= 0.6 is 11.8 Å². The zero-order valence-electron chi connectivity index (χ0n) is 11.4. The van der Waals surface area contributed by atoms with Crippen LogP contribution in [-0.4, -0.2) is 26.3 Å². The SMILES string of the molecule is CC1(C(=O)C(CSc2ccccc2)n2cncn2)CC1. The van der Waals surface area contributed by atoms with Crippen molar-refractivity contribution in [3.05, 3.63) is 43.0 Å². The number of carbonyl (C=O) groups is 1. The molecule has 3 rings (SSSR count). The van der Waals surface area contributed by atoms with Crippen LogP contribution in [0.25, 0.3) is 0 Å². The van der Waals surface area contributed by atoms with Gasteiger partial charge in [0.2, 0.25) is 0 Å². The molecule has 104 valence electrons. The van der Waals surface area contributed by atoms with E-state index in [1.54, 1.807) is 22.8 Å². The Bertz CT molecular complexity index is 578. The number of Topliss-reactive ketones (excluding diaryl/α,β-unsaturated/α-hetero) is 1. The van der Waals surface area contributed by atoms with Gasteiger partial charge in [-0.2, -0.15) is 5.10 Å². The van der Waals surface area contributed by atoms with Gasteiger partial charge in [-0.15, -0.1) is 11.8 Å². The maximum absolute atomic E-state index is 12.6. The minimum Gasteiger partial charge on any atom is -0.297 e. The van der Waals surface area contributed by atoms with Crippen molar-refractivity contribution in [3.8, 4) is 0 Å². The number of benzene rings is 1. The van der Waals surface area contributed by atoms with E-state index in [4.69, 9.17) is 0 Å². The van der Waals surface area contributed by atoms with E-state index < -0.39 is 0 Å². The highest BCUT2D eigenvalue weighted by Crippen LogP contribution is 2.48. The highest BCUT2D eigenvalue weighted by Gasteiger charge is 2.48. The van der Waals surface area contributed by atoms with Crippen molar-refractivity contribution in [2.75, 3.05) is 5.75 Å². The van der Waals surface area contributed by atoms with E-state index >= 15 is 0 Å². The maximum atomic E-state index is 12.6. The largest absolute Gasteiger partial charge is 0.297 e. The topological polar surface area (TPSA) is 47.8 Å². The van der Waals surface area contributed by atoms with Gasteiger partial charge in [-0.1, -0.05) is 25.1 Å². The second kappa shape index (κ2) is 5.40. The van der Waals surface area contributed by atoms with Crippen molar-refractivity contribution in [1.82, 2.24) is 14.8 Å².